The van der Waals surface area contributed by atoms with Crippen LogP contribution in [0.5, 0.6) is 0 Å². The van der Waals surface area contributed by atoms with Gasteiger partial charge in [-0.05, 0) is 68.4 Å². The lowest BCUT2D eigenvalue weighted by Crippen LogP contribution is -2.32. The van der Waals surface area contributed by atoms with Gasteiger partial charge in [-0.15, -0.1) is 10.2 Å². The van der Waals surface area contributed by atoms with E-state index in [9.17, 15) is 4.79 Å². The molecule has 0 spiro atoms. The molecule has 2 aromatic heterocycles. The van der Waals surface area contributed by atoms with E-state index in [4.69, 9.17) is 16.0 Å². The number of carbonyl (C=O) groups excluding carboxylic acids is 1. The van der Waals surface area contributed by atoms with Crippen LogP contribution in [0.15, 0.2) is 47.0 Å². The second-order valence-electron chi connectivity index (χ2n) is 7.96. The first kappa shape index (κ1) is 20.5. The molecule has 4 rings (SSSR count). The Morgan fingerprint density at radius 1 is 1.10 bits per heavy atom. The van der Waals surface area contributed by atoms with Crippen LogP contribution < -0.4 is 5.32 Å². The summed E-state index contributed by atoms with van der Waals surface area (Å²) in [6.07, 6.45) is 6.20. The number of nitrogens with zero attached hydrogens (tertiary/aromatic N) is 3. The van der Waals surface area contributed by atoms with Crippen LogP contribution in [-0.4, -0.2) is 27.6 Å². The van der Waals surface area contributed by atoms with Crippen molar-refractivity contribution in [3.8, 4) is 11.5 Å². The fourth-order valence-corrected chi connectivity index (χ4v) is 3.96. The molecule has 1 saturated carbocycles. The SMILES string of the molecule is Cc1ccc(-c2nnc(C3CCC(CNC(=O)Cc4ccc(Cl)cc4)CC3)o2)cn1. The van der Waals surface area contributed by atoms with E-state index in [0.29, 0.717) is 35.7 Å². The highest BCUT2D eigenvalue weighted by Gasteiger charge is 2.26. The van der Waals surface area contributed by atoms with Gasteiger partial charge in [0.25, 0.3) is 0 Å². The summed E-state index contributed by atoms with van der Waals surface area (Å²) in [4.78, 5) is 16.5. The van der Waals surface area contributed by atoms with E-state index in [1.807, 2.05) is 43.3 Å². The maximum Gasteiger partial charge on any atom is 0.249 e. The topological polar surface area (TPSA) is 80.9 Å². The number of benzene rings is 1. The van der Waals surface area contributed by atoms with Crippen LogP contribution in [-0.2, 0) is 11.2 Å². The average molecular weight is 425 g/mol. The number of halogens is 1. The van der Waals surface area contributed by atoms with Crippen molar-refractivity contribution in [2.45, 2.75) is 44.9 Å². The molecule has 1 N–H and O–H groups in total. The van der Waals surface area contributed by atoms with E-state index < -0.39 is 0 Å². The second-order valence-corrected chi connectivity index (χ2v) is 8.40. The Labute approximate surface area is 181 Å². The second kappa shape index (κ2) is 9.39. The van der Waals surface area contributed by atoms with E-state index in [-0.39, 0.29) is 11.8 Å². The Morgan fingerprint density at radius 3 is 2.57 bits per heavy atom. The third-order valence-electron chi connectivity index (χ3n) is 5.66. The highest BCUT2D eigenvalue weighted by molar-refractivity contribution is 6.30. The van der Waals surface area contributed by atoms with Crippen LogP contribution in [0.1, 0.15) is 48.7 Å². The molecule has 0 saturated heterocycles. The fraction of sp³-hybridized carbons (Fsp3) is 0.391. The molecule has 1 aromatic carbocycles. The molecule has 0 radical (unpaired) electrons. The van der Waals surface area contributed by atoms with E-state index in [1.165, 1.54) is 0 Å². The van der Waals surface area contributed by atoms with E-state index in [2.05, 4.69) is 20.5 Å². The number of aromatic nitrogens is 3. The number of hydrogen-bond donors (Lipinski definition) is 1. The van der Waals surface area contributed by atoms with Crippen LogP contribution in [0.25, 0.3) is 11.5 Å². The lowest BCUT2D eigenvalue weighted by Gasteiger charge is -2.26. The van der Waals surface area contributed by atoms with Crippen molar-refractivity contribution in [3.05, 3.63) is 64.8 Å². The largest absolute Gasteiger partial charge is 0.420 e. The van der Waals surface area contributed by atoms with Gasteiger partial charge in [0.15, 0.2) is 0 Å². The Balaban J connectivity index is 1.23. The van der Waals surface area contributed by atoms with Crippen molar-refractivity contribution in [1.29, 1.82) is 0 Å². The molecule has 156 valence electrons. The number of nitrogens with one attached hydrogen (secondary N) is 1. The molecule has 3 aromatic rings. The van der Waals surface area contributed by atoms with E-state index in [1.54, 1.807) is 6.20 Å². The smallest absolute Gasteiger partial charge is 0.249 e. The van der Waals surface area contributed by atoms with Gasteiger partial charge in [0.05, 0.1) is 12.0 Å². The molecular weight excluding hydrogens is 400 g/mol. The lowest BCUT2D eigenvalue weighted by atomic mass is 9.82. The van der Waals surface area contributed by atoms with Gasteiger partial charge < -0.3 is 9.73 Å². The van der Waals surface area contributed by atoms with Crippen LogP contribution in [0.4, 0.5) is 0 Å². The number of hydrogen-bond acceptors (Lipinski definition) is 5. The molecule has 1 fully saturated rings. The molecule has 7 heteroatoms. The monoisotopic (exact) mass is 424 g/mol. The molecule has 0 unspecified atom stereocenters. The molecule has 6 nitrogen and oxygen atoms in total. The first-order valence-corrected chi connectivity index (χ1v) is 10.7. The molecule has 2 heterocycles. The van der Waals surface area contributed by atoms with Gasteiger partial charge in [-0.25, -0.2) is 0 Å². The highest BCUT2D eigenvalue weighted by atomic mass is 35.5. The zero-order valence-electron chi connectivity index (χ0n) is 17.0. The van der Waals surface area contributed by atoms with E-state index >= 15 is 0 Å². The van der Waals surface area contributed by atoms with E-state index in [0.717, 1.165) is 42.5 Å². The van der Waals surface area contributed by atoms with Crippen molar-refractivity contribution in [3.63, 3.8) is 0 Å². The van der Waals surface area contributed by atoms with Crippen LogP contribution in [0.3, 0.4) is 0 Å². The van der Waals surface area contributed by atoms with Gasteiger partial charge in [0.1, 0.15) is 0 Å². The van der Waals surface area contributed by atoms with Crippen molar-refractivity contribution in [2.24, 2.45) is 5.92 Å². The summed E-state index contributed by atoms with van der Waals surface area (Å²) in [7, 11) is 0. The number of pyridine rings is 1. The van der Waals surface area contributed by atoms with Crippen LogP contribution >= 0.6 is 11.6 Å². The number of aryl methyl sites for hydroxylation is 1. The van der Waals surface area contributed by atoms with Crippen molar-refractivity contribution < 1.29 is 9.21 Å². The van der Waals surface area contributed by atoms with Crippen molar-refractivity contribution in [1.82, 2.24) is 20.5 Å². The third kappa shape index (κ3) is 5.25. The maximum atomic E-state index is 12.2. The van der Waals surface area contributed by atoms with Crippen molar-refractivity contribution in [2.75, 3.05) is 6.54 Å². The van der Waals surface area contributed by atoms with Crippen molar-refractivity contribution >= 4 is 17.5 Å². The zero-order valence-corrected chi connectivity index (χ0v) is 17.7. The summed E-state index contributed by atoms with van der Waals surface area (Å²) >= 11 is 5.89. The molecule has 1 aliphatic carbocycles. The standard InChI is InChI=1S/C23H25ClN4O2/c1-15-2-7-19(14-25-15)23-28-27-22(30-23)18-8-3-17(4-9-18)13-26-21(29)12-16-5-10-20(24)11-6-16/h2,5-7,10-11,14,17-18H,3-4,8-9,12-13H2,1H3,(H,26,29). The number of rotatable bonds is 6. The Kier molecular flexibility index (Phi) is 6.43. The van der Waals surface area contributed by atoms with Gasteiger partial charge in [-0.1, -0.05) is 23.7 Å². The lowest BCUT2D eigenvalue weighted by molar-refractivity contribution is -0.120. The Morgan fingerprint density at radius 2 is 1.87 bits per heavy atom. The summed E-state index contributed by atoms with van der Waals surface area (Å²) in [5.74, 6) is 2.04. The van der Waals surface area contributed by atoms with Gasteiger partial charge in [0.2, 0.25) is 17.7 Å². The third-order valence-corrected chi connectivity index (χ3v) is 5.91. The summed E-state index contributed by atoms with van der Waals surface area (Å²) < 4.78 is 5.92. The Hall–Kier alpha value is -2.73. The first-order chi connectivity index (χ1) is 14.6. The highest BCUT2D eigenvalue weighted by Crippen LogP contribution is 2.35. The van der Waals surface area contributed by atoms with Crippen LogP contribution in [0.2, 0.25) is 5.02 Å². The molecule has 0 atom stereocenters. The number of amides is 1. The first-order valence-electron chi connectivity index (χ1n) is 10.3. The minimum absolute atomic E-state index is 0.0488. The summed E-state index contributed by atoms with van der Waals surface area (Å²) in [5, 5.41) is 12.2. The molecule has 30 heavy (non-hydrogen) atoms. The predicted molar refractivity (Wildman–Crippen MR) is 115 cm³/mol. The fourth-order valence-electron chi connectivity index (χ4n) is 3.83. The van der Waals surface area contributed by atoms with Gasteiger partial charge in [0, 0.05) is 29.4 Å². The zero-order chi connectivity index (χ0) is 20.9. The maximum absolute atomic E-state index is 12.2. The molecule has 0 aliphatic heterocycles. The average Bonchev–Trinajstić information content (AvgIpc) is 3.25. The van der Waals surface area contributed by atoms with Crippen LogP contribution in [0, 0.1) is 12.8 Å². The molecule has 1 aliphatic rings. The van der Waals surface area contributed by atoms with Gasteiger partial charge in [-0.3, -0.25) is 9.78 Å². The normalized spacial score (nSPS) is 18.9. The summed E-state index contributed by atoms with van der Waals surface area (Å²) in [6, 6.07) is 11.3. The number of carbonyl (C=O) groups is 1. The summed E-state index contributed by atoms with van der Waals surface area (Å²) in [6.45, 7) is 2.66. The molecule has 1 amide bonds. The molecule has 0 bridgehead atoms. The van der Waals surface area contributed by atoms with Gasteiger partial charge in [-0.2, -0.15) is 0 Å². The Bertz CT molecular complexity index is 977. The van der Waals surface area contributed by atoms with Gasteiger partial charge >= 0.3 is 0 Å². The quantitative estimate of drug-likeness (QED) is 0.618. The minimum atomic E-state index is 0.0488. The minimum Gasteiger partial charge on any atom is -0.420 e. The molecular formula is C23H25ClN4O2. The summed E-state index contributed by atoms with van der Waals surface area (Å²) in [5.41, 5.74) is 2.77. The predicted octanol–water partition coefficient (Wildman–Crippen LogP) is 4.73.